The molecule has 3 heterocycles. The van der Waals surface area contributed by atoms with Crippen LogP contribution in [0.2, 0.25) is 0 Å². The molecule has 1 aliphatic rings. The van der Waals surface area contributed by atoms with Crippen LogP contribution in [0.3, 0.4) is 0 Å². The second-order valence-corrected chi connectivity index (χ2v) is 7.31. The third-order valence-corrected chi connectivity index (χ3v) is 5.49. The lowest BCUT2D eigenvalue weighted by Gasteiger charge is -2.10. The Balaban J connectivity index is 1.71. The molecule has 0 fully saturated rings. The van der Waals surface area contributed by atoms with Crippen molar-refractivity contribution in [2.75, 3.05) is 0 Å². The second-order valence-electron chi connectivity index (χ2n) is 7.31. The highest BCUT2D eigenvalue weighted by Gasteiger charge is 2.25. The number of aryl methyl sites for hydroxylation is 3. The molecule has 134 valence electrons. The Bertz CT molecular complexity index is 1170. The number of nitrogens with zero attached hydrogens (tertiary/aromatic N) is 5. The third kappa shape index (κ3) is 2.50. The molecule has 0 radical (unpaired) electrons. The highest BCUT2D eigenvalue weighted by atomic mass is 15.4. The van der Waals surface area contributed by atoms with Crippen LogP contribution in [0.1, 0.15) is 39.5 Å². The van der Waals surface area contributed by atoms with Gasteiger partial charge in [0, 0.05) is 12.8 Å². The summed E-state index contributed by atoms with van der Waals surface area (Å²) in [5, 5.41) is 9.12. The molecule has 0 bridgehead atoms. The van der Waals surface area contributed by atoms with Crippen molar-refractivity contribution < 1.29 is 0 Å². The Labute approximate surface area is 158 Å². The number of benzene rings is 2. The summed E-state index contributed by atoms with van der Waals surface area (Å²) in [5.74, 6) is 0. The zero-order chi connectivity index (χ0) is 18.5. The summed E-state index contributed by atoms with van der Waals surface area (Å²) in [7, 11) is 0. The monoisotopic (exact) mass is 355 g/mol. The molecule has 0 atom stereocenters. The normalized spacial score (nSPS) is 12.3. The van der Waals surface area contributed by atoms with Crippen LogP contribution in [-0.2, 0) is 12.8 Å². The maximum Gasteiger partial charge on any atom is 0.0998 e. The van der Waals surface area contributed by atoms with Gasteiger partial charge in [-0.15, -0.1) is 5.10 Å². The van der Waals surface area contributed by atoms with Gasteiger partial charge in [-0.2, -0.15) is 0 Å². The minimum Gasteiger partial charge on any atom is -0.300 e. The molecule has 5 rings (SSSR count). The van der Waals surface area contributed by atoms with Crippen LogP contribution in [0.15, 0.2) is 48.8 Å². The Morgan fingerprint density at radius 2 is 1.81 bits per heavy atom. The molecule has 0 saturated carbocycles. The Kier molecular flexibility index (Phi) is 3.50. The number of fused-ring (bicyclic) bond motifs is 5. The number of hydrogen-bond acceptors (Lipinski definition) is 3. The van der Waals surface area contributed by atoms with Gasteiger partial charge in [0.05, 0.1) is 40.5 Å². The van der Waals surface area contributed by atoms with E-state index in [2.05, 4.69) is 83.1 Å². The lowest BCUT2D eigenvalue weighted by atomic mass is 10.0. The summed E-state index contributed by atoms with van der Waals surface area (Å²) in [4.78, 5) is 4.56. The van der Waals surface area contributed by atoms with Gasteiger partial charge in [-0.3, -0.25) is 0 Å². The fourth-order valence-corrected chi connectivity index (χ4v) is 3.88. The van der Waals surface area contributed by atoms with Gasteiger partial charge in [-0.05, 0) is 49.6 Å². The van der Waals surface area contributed by atoms with E-state index in [0.29, 0.717) is 0 Å². The van der Waals surface area contributed by atoms with E-state index in [0.717, 1.165) is 41.3 Å². The first-order chi connectivity index (χ1) is 13.1. The molecule has 0 amide bonds. The Morgan fingerprint density at radius 1 is 0.963 bits per heavy atom. The minimum absolute atomic E-state index is 0.772. The minimum atomic E-state index is 0.772. The van der Waals surface area contributed by atoms with E-state index in [1.165, 1.54) is 22.4 Å². The van der Waals surface area contributed by atoms with Crippen molar-refractivity contribution in [3.8, 4) is 11.4 Å². The molecular formula is C22H21N5. The fraction of sp³-hybridized carbons (Fsp3) is 0.227. The van der Waals surface area contributed by atoms with Crippen molar-refractivity contribution in [1.82, 2.24) is 24.5 Å². The second kappa shape index (κ2) is 5.91. The highest BCUT2D eigenvalue weighted by Crippen LogP contribution is 2.31. The molecule has 5 nitrogen and oxygen atoms in total. The number of hydrogen-bond donors (Lipinski definition) is 0. The summed E-state index contributed by atoms with van der Waals surface area (Å²) in [6, 6.07) is 14.9. The van der Waals surface area contributed by atoms with E-state index in [1.54, 1.807) is 0 Å². The smallest absolute Gasteiger partial charge is 0.0998 e. The SMILES string of the molecule is Cc1ccc2c(c1)-n1nnc(Cc3ccccc3C)c1Cc1c(C)ncn1-2. The maximum absolute atomic E-state index is 4.57. The van der Waals surface area contributed by atoms with E-state index in [4.69, 9.17) is 0 Å². The van der Waals surface area contributed by atoms with Crippen LogP contribution < -0.4 is 0 Å². The van der Waals surface area contributed by atoms with Gasteiger partial charge in [0.15, 0.2) is 0 Å². The highest BCUT2D eigenvalue weighted by molar-refractivity contribution is 5.57. The molecule has 0 spiro atoms. The summed E-state index contributed by atoms with van der Waals surface area (Å²) in [6.07, 6.45) is 3.48. The van der Waals surface area contributed by atoms with Crippen LogP contribution in [0.25, 0.3) is 11.4 Å². The van der Waals surface area contributed by atoms with Crippen molar-refractivity contribution >= 4 is 0 Å². The first-order valence-corrected chi connectivity index (χ1v) is 9.24. The van der Waals surface area contributed by atoms with Crippen LogP contribution in [0.4, 0.5) is 0 Å². The van der Waals surface area contributed by atoms with Gasteiger partial charge in [0.25, 0.3) is 0 Å². The van der Waals surface area contributed by atoms with Crippen molar-refractivity contribution in [1.29, 1.82) is 0 Å². The average molecular weight is 355 g/mol. The van der Waals surface area contributed by atoms with Crippen molar-refractivity contribution in [2.45, 2.75) is 33.6 Å². The maximum atomic E-state index is 4.57. The standard InChI is InChI=1S/C22H21N5/c1-14-8-9-19-22(10-14)27-21(12-20-16(3)23-13-26(19)20)18(24-25-27)11-17-7-5-4-6-15(17)2/h4-10,13H,11-12H2,1-3H3. The molecule has 0 unspecified atom stereocenters. The van der Waals surface area contributed by atoms with Gasteiger partial charge in [0.1, 0.15) is 0 Å². The van der Waals surface area contributed by atoms with Gasteiger partial charge in [0.2, 0.25) is 0 Å². The Hall–Kier alpha value is -3.21. The Morgan fingerprint density at radius 3 is 2.67 bits per heavy atom. The zero-order valence-corrected chi connectivity index (χ0v) is 15.8. The molecule has 0 N–H and O–H groups in total. The van der Waals surface area contributed by atoms with Gasteiger partial charge in [-0.25, -0.2) is 9.67 Å². The lowest BCUT2D eigenvalue weighted by molar-refractivity contribution is 0.776. The van der Waals surface area contributed by atoms with Gasteiger partial charge in [-0.1, -0.05) is 35.5 Å². The summed E-state index contributed by atoms with van der Waals surface area (Å²) in [5.41, 5.74) is 10.4. The van der Waals surface area contributed by atoms with Crippen LogP contribution in [-0.4, -0.2) is 24.5 Å². The first-order valence-electron chi connectivity index (χ1n) is 9.24. The predicted octanol–water partition coefficient (Wildman–Crippen LogP) is 3.87. The van der Waals surface area contributed by atoms with Crippen LogP contribution in [0.5, 0.6) is 0 Å². The lowest BCUT2D eigenvalue weighted by Crippen LogP contribution is -2.04. The molecule has 0 aliphatic carbocycles. The largest absolute Gasteiger partial charge is 0.300 e. The molecule has 4 aromatic rings. The molecule has 2 aromatic carbocycles. The quantitative estimate of drug-likeness (QED) is 0.483. The van der Waals surface area contributed by atoms with E-state index in [-0.39, 0.29) is 0 Å². The average Bonchev–Trinajstić information content (AvgIpc) is 3.18. The fourth-order valence-electron chi connectivity index (χ4n) is 3.88. The molecular weight excluding hydrogens is 334 g/mol. The molecule has 0 saturated heterocycles. The van der Waals surface area contributed by atoms with Crippen LogP contribution >= 0.6 is 0 Å². The molecule has 27 heavy (non-hydrogen) atoms. The summed E-state index contributed by atoms with van der Waals surface area (Å²) >= 11 is 0. The predicted molar refractivity (Wildman–Crippen MR) is 105 cm³/mol. The van der Waals surface area contributed by atoms with E-state index in [9.17, 15) is 0 Å². The van der Waals surface area contributed by atoms with E-state index >= 15 is 0 Å². The van der Waals surface area contributed by atoms with Crippen molar-refractivity contribution in [3.63, 3.8) is 0 Å². The molecule has 5 heteroatoms. The van der Waals surface area contributed by atoms with Crippen molar-refractivity contribution in [3.05, 3.63) is 88.3 Å². The third-order valence-electron chi connectivity index (χ3n) is 5.49. The van der Waals surface area contributed by atoms with E-state index in [1.807, 2.05) is 11.0 Å². The molecule has 2 aromatic heterocycles. The first kappa shape index (κ1) is 16.0. The number of imidazole rings is 1. The number of rotatable bonds is 2. The van der Waals surface area contributed by atoms with Crippen LogP contribution in [0, 0.1) is 20.8 Å². The van der Waals surface area contributed by atoms with Crippen molar-refractivity contribution in [2.24, 2.45) is 0 Å². The summed E-state index contributed by atoms with van der Waals surface area (Å²) < 4.78 is 4.21. The van der Waals surface area contributed by atoms with Gasteiger partial charge < -0.3 is 4.57 Å². The van der Waals surface area contributed by atoms with Gasteiger partial charge >= 0.3 is 0 Å². The summed E-state index contributed by atoms with van der Waals surface area (Å²) in [6.45, 7) is 6.33. The topological polar surface area (TPSA) is 48.5 Å². The van der Waals surface area contributed by atoms with E-state index < -0.39 is 0 Å². The number of aromatic nitrogens is 5. The molecule has 1 aliphatic heterocycles. The zero-order valence-electron chi connectivity index (χ0n) is 15.8.